The largest absolute Gasteiger partial charge is 0.617 e. The summed E-state index contributed by atoms with van der Waals surface area (Å²) in [5.41, 5.74) is -7.83. The molecule has 1 fully saturated rings. The Hall–Kier alpha value is -1.75. The third kappa shape index (κ3) is 3.94. The molecule has 0 bridgehead atoms. The van der Waals surface area contributed by atoms with Gasteiger partial charge >= 0.3 is 50.2 Å². The number of halogens is 12. The Bertz CT molecular complexity index is 703. The molecule has 0 aliphatic carbocycles. The summed E-state index contributed by atoms with van der Waals surface area (Å²) in [5.74, 6) is -7.53. The highest BCUT2D eigenvalue weighted by atomic mass is 31.2. The summed E-state index contributed by atoms with van der Waals surface area (Å²) in [4.78, 5) is 36.2. The standard InChI is InChI=1S/C11H10F12N3O4P/c1-24-5(27)25(2)31(29,26(3)6(24)28)30-4(8(14,15)16)7(12,13)9(17,10(18,19)20)11(21,22)23/h4H,1-3H3. The number of rotatable bonds is 4. The molecule has 4 amide bonds. The zero-order valence-corrected chi connectivity index (χ0v) is 15.9. The van der Waals surface area contributed by atoms with Crippen LogP contribution >= 0.6 is 8.02 Å². The third-order valence-electron chi connectivity index (χ3n) is 4.00. The average molecular weight is 507 g/mol. The summed E-state index contributed by atoms with van der Waals surface area (Å²) in [7, 11) is -4.83. The van der Waals surface area contributed by atoms with Crippen molar-refractivity contribution in [2.45, 2.75) is 36.2 Å². The molecule has 1 aliphatic rings. The Morgan fingerprint density at radius 2 is 1.10 bits per heavy atom. The van der Waals surface area contributed by atoms with Crippen LogP contribution < -0.4 is 4.89 Å². The van der Waals surface area contributed by atoms with Gasteiger partial charge in [0.15, 0.2) is 0 Å². The second-order valence-corrected chi connectivity index (χ2v) is 8.36. The molecule has 31 heavy (non-hydrogen) atoms. The first-order chi connectivity index (χ1) is 13.4. The molecule has 0 aromatic rings. The van der Waals surface area contributed by atoms with Crippen LogP contribution in [0.4, 0.5) is 62.3 Å². The van der Waals surface area contributed by atoms with Crippen molar-refractivity contribution in [3.05, 3.63) is 0 Å². The van der Waals surface area contributed by atoms with Crippen molar-refractivity contribution in [3.8, 4) is 0 Å². The molecule has 0 aromatic heterocycles. The summed E-state index contributed by atoms with van der Waals surface area (Å²) in [6.45, 7) is 0. The fraction of sp³-hybridized carbons (Fsp3) is 0.818. The smallest absolute Gasteiger partial charge is 0.437 e. The first-order valence-electron chi connectivity index (χ1n) is 7.24. The van der Waals surface area contributed by atoms with Crippen molar-refractivity contribution in [3.63, 3.8) is 0 Å². The molecule has 0 N–H and O–H groups in total. The van der Waals surface area contributed by atoms with Crippen molar-refractivity contribution in [2.24, 2.45) is 0 Å². The van der Waals surface area contributed by atoms with Gasteiger partial charge in [-0.25, -0.2) is 18.9 Å². The Morgan fingerprint density at radius 3 is 1.35 bits per heavy atom. The molecule has 0 aromatic carbocycles. The van der Waals surface area contributed by atoms with Crippen molar-refractivity contribution in [1.82, 2.24) is 14.2 Å². The van der Waals surface area contributed by atoms with Gasteiger partial charge in [0.2, 0.25) is 0 Å². The molecule has 1 aliphatic heterocycles. The van der Waals surface area contributed by atoms with E-state index in [0.717, 1.165) is 0 Å². The number of carbonyl (C=O) groups is 2. The van der Waals surface area contributed by atoms with E-state index in [1.165, 1.54) is 0 Å². The van der Waals surface area contributed by atoms with E-state index < -0.39 is 65.6 Å². The van der Waals surface area contributed by atoms with E-state index >= 15 is 0 Å². The number of imide groups is 1. The van der Waals surface area contributed by atoms with Crippen molar-refractivity contribution < 1.29 is 71.7 Å². The Balaban J connectivity index is 3.73. The van der Waals surface area contributed by atoms with Gasteiger partial charge in [-0.1, -0.05) is 0 Å². The molecule has 182 valence electrons. The predicted molar refractivity (Wildman–Crippen MR) is 72.8 cm³/mol. The van der Waals surface area contributed by atoms with Crippen molar-refractivity contribution in [1.29, 1.82) is 0 Å². The van der Waals surface area contributed by atoms with E-state index in [9.17, 15) is 67.2 Å². The van der Waals surface area contributed by atoms with Crippen LogP contribution in [0, 0.1) is 0 Å². The summed E-state index contributed by atoms with van der Waals surface area (Å²) < 4.78 is 160. The molecule has 0 spiro atoms. The third-order valence-corrected chi connectivity index (χ3v) is 6.34. The Kier molecular flexibility index (Phi) is 6.51. The van der Waals surface area contributed by atoms with Gasteiger partial charge in [0.25, 0.3) is 6.10 Å². The van der Waals surface area contributed by atoms with Gasteiger partial charge in [-0.2, -0.15) is 62.2 Å². The molecular weight excluding hydrogens is 497 g/mol. The lowest BCUT2D eigenvalue weighted by molar-refractivity contribution is -0.423. The normalized spacial score (nSPS) is 20.5. The number of hydrogen-bond acceptors (Lipinski definition) is 4. The minimum Gasteiger partial charge on any atom is -0.617 e. The Morgan fingerprint density at radius 1 is 0.774 bits per heavy atom. The maximum absolute atomic E-state index is 14.1. The molecule has 7 nitrogen and oxygen atoms in total. The van der Waals surface area contributed by atoms with Gasteiger partial charge < -0.3 is 4.89 Å². The number of alkyl halides is 12. The highest BCUT2D eigenvalue weighted by molar-refractivity contribution is 7.60. The number of amides is 4. The Labute approximate surface area is 164 Å². The zero-order chi connectivity index (χ0) is 25.2. The van der Waals surface area contributed by atoms with E-state index in [-0.39, 0.29) is 19.0 Å². The molecule has 1 atom stereocenters. The molecular formula is C11H10F12N3O4P. The fourth-order valence-corrected chi connectivity index (χ4v) is 4.18. The molecule has 1 unspecified atom stereocenters. The van der Waals surface area contributed by atoms with Gasteiger partial charge in [-0.15, -0.1) is 0 Å². The quantitative estimate of drug-likeness (QED) is 0.432. The van der Waals surface area contributed by atoms with E-state index in [2.05, 4.69) is 4.52 Å². The van der Waals surface area contributed by atoms with Gasteiger partial charge in [-0.05, 0) is 0 Å². The van der Waals surface area contributed by atoms with Crippen LogP contribution in [0.1, 0.15) is 0 Å². The molecule has 1 rings (SSSR count). The number of urea groups is 2. The van der Waals surface area contributed by atoms with E-state index in [1.54, 1.807) is 0 Å². The van der Waals surface area contributed by atoms with Gasteiger partial charge in [0, 0.05) is 7.05 Å². The lowest BCUT2D eigenvalue weighted by Gasteiger charge is -2.48. The maximum Gasteiger partial charge on any atom is 0.437 e. The van der Waals surface area contributed by atoms with Crippen LogP contribution in [-0.4, -0.2) is 83.7 Å². The highest BCUT2D eigenvalue weighted by Crippen LogP contribution is 2.65. The van der Waals surface area contributed by atoms with Crippen LogP contribution in [0.25, 0.3) is 0 Å². The van der Waals surface area contributed by atoms with Crippen LogP contribution in [0.5, 0.6) is 0 Å². The predicted octanol–water partition coefficient (Wildman–Crippen LogP) is 3.49. The maximum atomic E-state index is 14.1. The highest BCUT2D eigenvalue weighted by Gasteiger charge is 2.89. The summed E-state index contributed by atoms with van der Waals surface area (Å²) in [6, 6.07) is -3.57. The lowest BCUT2D eigenvalue weighted by atomic mass is 9.91. The molecule has 0 saturated carbocycles. The van der Waals surface area contributed by atoms with Gasteiger partial charge in [0.05, 0.1) is 14.1 Å². The minimum absolute atomic E-state index is 0.0468. The fourth-order valence-electron chi connectivity index (χ4n) is 2.26. The number of hydrogen-bond donors (Lipinski definition) is 0. The van der Waals surface area contributed by atoms with Gasteiger partial charge in [-0.3, -0.25) is 0 Å². The lowest BCUT2D eigenvalue weighted by Crippen LogP contribution is -2.71. The molecule has 0 radical (unpaired) electrons. The first kappa shape index (κ1) is 27.3. The summed E-state index contributed by atoms with van der Waals surface area (Å²) in [6.07, 6.45) is -27.9. The average Bonchev–Trinajstić information content (AvgIpc) is 2.57. The van der Waals surface area contributed by atoms with Crippen molar-refractivity contribution in [2.75, 3.05) is 21.1 Å². The monoisotopic (exact) mass is 507 g/mol. The van der Waals surface area contributed by atoms with Crippen molar-refractivity contribution >= 4 is 20.1 Å². The van der Waals surface area contributed by atoms with Crippen LogP contribution in [0.15, 0.2) is 0 Å². The number of carbonyl (C=O) groups excluding carboxylic acids is 2. The molecule has 1 heterocycles. The van der Waals surface area contributed by atoms with E-state index in [1.807, 2.05) is 0 Å². The van der Waals surface area contributed by atoms with E-state index in [4.69, 9.17) is 0 Å². The first-order valence-corrected chi connectivity index (χ1v) is 8.77. The molecule has 1 saturated heterocycles. The zero-order valence-electron chi connectivity index (χ0n) is 15.0. The van der Waals surface area contributed by atoms with Crippen LogP contribution in [-0.2, 0) is 4.52 Å². The minimum atomic E-state index is -7.83. The second kappa shape index (κ2) is 7.40. The van der Waals surface area contributed by atoms with E-state index in [0.29, 0.717) is 7.05 Å². The topological polar surface area (TPSA) is 76.2 Å². The van der Waals surface area contributed by atoms with Crippen LogP contribution in [0.3, 0.4) is 0 Å². The van der Waals surface area contributed by atoms with Crippen LogP contribution in [0.2, 0.25) is 0 Å². The summed E-state index contributed by atoms with van der Waals surface area (Å²) >= 11 is 0. The second-order valence-electron chi connectivity index (χ2n) is 5.97. The molecule has 20 heteroatoms. The summed E-state index contributed by atoms with van der Waals surface area (Å²) in [5, 5.41) is 0. The number of nitrogens with zero attached hydrogens (tertiary/aromatic N) is 3. The SMILES string of the molecule is CN1C(=O)N(C)[P+]([O-])(OC(C(F)(F)F)C(F)(F)C(F)(C(F)(F)F)C(F)(F)F)N(C)C1=O. The van der Waals surface area contributed by atoms with Gasteiger partial charge in [0.1, 0.15) is 0 Å².